The Labute approximate surface area is 129 Å². The van der Waals surface area contributed by atoms with Crippen molar-refractivity contribution < 1.29 is 9.32 Å². The average Bonchev–Trinajstić information content (AvgIpc) is 3.08. The summed E-state index contributed by atoms with van der Waals surface area (Å²) in [6.45, 7) is 3.63. The van der Waals surface area contributed by atoms with Crippen molar-refractivity contribution in [1.29, 1.82) is 0 Å². The van der Waals surface area contributed by atoms with E-state index in [2.05, 4.69) is 15.5 Å². The largest absolute Gasteiger partial charge is 0.360 e. The lowest BCUT2D eigenvalue weighted by Gasteiger charge is -2.04. The highest BCUT2D eigenvalue weighted by Gasteiger charge is 2.12. The van der Waals surface area contributed by atoms with E-state index in [1.165, 1.54) is 22.2 Å². The van der Waals surface area contributed by atoms with Crippen molar-refractivity contribution >= 4 is 33.3 Å². The molecule has 0 atom stereocenters. The molecule has 114 valence electrons. The second-order valence-corrected chi connectivity index (χ2v) is 5.95. The summed E-state index contributed by atoms with van der Waals surface area (Å²) in [5.41, 5.74) is -0.215. The van der Waals surface area contributed by atoms with Crippen LogP contribution in [0.3, 0.4) is 0 Å². The van der Waals surface area contributed by atoms with Gasteiger partial charge in [-0.25, -0.2) is 4.98 Å². The third-order valence-corrected chi connectivity index (χ3v) is 4.31. The Morgan fingerprint density at radius 2 is 2.27 bits per heavy atom. The molecule has 22 heavy (non-hydrogen) atoms. The van der Waals surface area contributed by atoms with Gasteiger partial charge in [0.2, 0.25) is 5.91 Å². The maximum Gasteiger partial charge on any atom is 0.262 e. The van der Waals surface area contributed by atoms with Gasteiger partial charge in [-0.05, 0) is 19.4 Å². The van der Waals surface area contributed by atoms with Crippen LogP contribution < -0.4 is 10.9 Å². The molecule has 3 heterocycles. The molecule has 3 aromatic rings. The third-order valence-electron chi connectivity index (χ3n) is 3.13. The normalized spacial score (nSPS) is 11.0. The molecule has 0 bridgehead atoms. The summed E-state index contributed by atoms with van der Waals surface area (Å²) in [5.74, 6) is 0.566. The molecular formula is C14H14N4O3S. The van der Waals surface area contributed by atoms with Gasteiger partial charge in [0.25, 0.3) is 5.56 Å². The van der Waals surface area contributed by atoms with Crippen LogP contribution >= 0.6 is 11.3 Å². The van der Waals surface area contributed by atoms with Crippen LogP contribution in [-0.4, -0.2) is 20.6 Å². The van der Waals surface area contributed by atoms with Crippen LogP contribution in [-0.2, 0) is 17.8 Å². The van der Waals surface area contributed by atoms with Crippen LogP contribution in [0.15, 0.2) is 27.8 Å². The zero-order valence-electron chi connectivity index (χ0n) is 12.1. The number of anilines is 1. The number of nitrogens with zero attached hydrogens (tertiary/aromatic N) is 3. The van der Waals surface area contributed by atoms with Crippen LogP contribution in [0.25, 0.3) is 10.2 Å². The Hall–Kier alpha value is -2.48. The van der Waals surface area contributed by atoms with Crippen LogP contribution in [0.2, 0.25) is 0 Å². The first-order chi connectivity index (χ1) is 10.6. The van der Waals surface area contributed by atoms with Gasteiger partial charge < -0.3 is 9.84 Å². The topological polar surface area (TPSA) is 90.0 Å². The van der Waals surface area contributed by atoms with E-state index < -0.39 is 0 Å². The molecule has 0 aliphatic rings. The molecular weight excluding hydrogens is 304 g/mol. The quantitative estimate of drug-likeness (QED) is 0.794. The van der Waals surface area contributed by atoms with Crippen molar-refractivity contribution in [2.24, 2.45) is 0 Å². The number of carbonyl (C=O) groups is 1. The molecule has 8 heteroatoms. The summed E-state index contributed by atoms with van der Waals surface area (Å²) in [4.78, 5) is 30.4. The predicted octanol–water partition coefficient (Wildman–Crippen LogP) is 1.96. The maximum atomic E-state index is 12.4. The van der Waals surface area contributed by atoms with E-state index in [4.69, 9.17) is 4.52 Å². The first kappa shape index (κ1) is 14.5. The molecule has 0 spiro atoms. The smallest absolute Gasteiger partial charge is 0.262 e. The van der Waals surface area contributed by atoms with E-state index in [0.29, 0.717) is 21.8 Å². The monoisotopic (exact) mass is 318 g/mol. The van der Waals surface area contributed by atoms with Gasteiger partial charge in [0.05, 0.1) is 11.7 Å². The number of nitrogens with one attached hydrogen (secondary N) is 1. The van der Waals surface area contributed by atoms with Gasteiger partial charge in [-0.1, -0.05) is 12.1 Å². The third kappa shape index (κ3) is 2.77. The van der Waals surface area contributed by atoms with Crippen molar-refractivity contribution in [3.63, 3.8) is 0 Å². The van der Waals surface area contributed by atoms with Crippen molar-refractivity contribution in [2.45, 2.75) is 26.8 Å². The number of hydrogen-bond donors (Lipinski definition) is 1. The number of rotatable bonds is 4. The number of aromatic nitrogens is 3. The fraction of sp³-hybridized carbons (Fsp3) is 0.286. The first-order valence-electron chi connectivity index (χ1n) is 6.78. The number of fused-ring (bicyclic) bond motifs is 1. The molecule has 0 aromatic carbocycles. The lowest BCUT2D eigenvalue weighted by Crippen LogP contribution is -2.27. The molecule has 3 rings (SSSR count). The molecule has 0 unspecified atom stereocenters. The van der Waals surface area contributed by atoms with Gasteiger partial charge in [-0.2, -0.15) is 0 Å². The number of hydrogen-bond acceptors (Lipinski definition) is 6. The molecule has 0 saturated heterocycles. The fourth-order valence-electron chi connectivity index (χ4n) is 2.06. The summed E-state index contributed by atoms with van der Waals surface area (Å²) >= 11 is 1.50. The summed E-state index contributed by atoms with van der Waals surface area (Å²) in [6.07, 6.45) is 2.25. The summed E-state index contributed by atoms with van der Waals surface area (Å²) in [6, 6.07) is 3.44. The molecule has 1 N–H and O–H groups in total. The molecule has 0 aliphatic heterocycles. The zero-order valence-corrected chi connectivity index (χ0v) is 12.9. The Balaban J connectivity index is 1.82. The van der Waals surface area contributed by atoms with Gasteiger partial charge >= 0.3 is 0 Å². The number of aryl methyl sites for hydroxylation is 2. The summed E-state index contributed by atoms with van der Waals surface area (Å²) in [5, 5.41) is 6.80. The standard InChI is InChI=1S/C14H14N4O3S/c1-3-9-5-10-13(22-9)15-7-18(14(10)20)6-12(19)16-11-4-8(2)21-17-11/h4-5,7H,3,6H2,1-2H3,(H,16,17,19). The molecule has 1 amide bonds. The molecule has 0 fully saturated rings. The van der Waals surface area contributed by atoms with Gasteiger partial charge in [-0.3, -0.25) is 14.2 Å². The van der Waals surface area contributed by atoms with Gasteiger partial charge in [0.15, 0.2) is 5.82 Å². The van der Waals surface area contributed by atoms with Crippen molar-refractivity contribution in [1.82, 2.24) is 14.7 Å². The van der Waals surface area contributed by atoms with Crippen LogP contribution in [0, 0.1) is 6.92 Å². The number of thiophene rings is 1. The van der Waals surface area contributed by atoms with E-state index in [-0.39, 0.29) is 18.0 Å². The lowest BCUT2D eigenvalue weighted by molar-refractivity contribution is -0.116. The molecule has 3 aromatic heterocycles. The SMILES string of the molecule is CCc1cc2c(=O)n(CC(=O)Nc3cc(C)on3)cnc2s1. The Morgan fingerprint density at radius 3 is 2.95 bits per heavy atom. The fourth-order valence-corrected chi connectivity index (χ4v) is 2.98. The average molecular weight is 318 g/mol. The van der Waals surface area contributed by atoms with Gasteiger partial charge in [0, 0.05) is 10.9 Å². The number of amides is 1. The highest BCUT2D eigenvalue weighted by Crippen LogP contribution is 2.20. The molecule has 0 saturated carbocycles. The lowest BCUT2D eigenvalue weighted by atomic mass is 10.3. The first-order valence-corrected chi connectivity index (χ1v) is 7.59. The van der Waals surface area contributed by atoms with Crippen LogP contribution in [0.4, 0.5) is 5.82 Å². The minimum absolute atomic E-state index is 0.120. The minimum atomic E-state index is -0.359. The zero-order chi connectivity index (χ0) is 15.7. The van der Waals surface area contributed by atoms with Crippen molar-refractivity contribution in [2.75, 3.05) is 5.32 Å². The molecule has 7 nitrogen and oxygen atoms in total. The van der Waals surface area contributed by atoms with Gasteiger partial charge in [0.1, 0.15) is 17.1 Å². The van der Waals surface area contributed by atoms with Crippen molar-refractivity contribution in [3.05, 3.63) is 39.5 Å². The summed E-state index contributed by atoms with van der Waals surface area (Å²) in [7, 11) is 0. The Kier molecular flexibility index (Phi) is 3.76. The van der Waals surface area contributed by atoms with E-state index >= 15 is 0 Å². The van der Waals surface area contributed by atoms with E-state index in [0.717, 1.165) is 11.3 Å². The van der Waals surface area contributed by atoms with E-state index in [1.807, 2.05) is 13.0 Å². The minimum Gasteiger partial charge on any atom is -0.360 e. The second kappa shape index (κ2) is 5.72. The van der Waals surface area contributed by atoms with E-state index in [1.54, 1.807) is 13.0 Å². The van der Waals surface area contributed by atoms with Crippen molar-refractivity contribution in [3.8, 4) is 0 Å². The maximum absolute atomic E-state index is 12.4. The highest BCUT2D eigenvalue weighted by atomic mass is 32.1. The molecule has 0 radical (unpaired) electrons. The van der Waals surface area contributed by atoms with Crippen LogP contribution in [0.5, 0.6) is 0 Å². The predicted molar refractivity (Wildman–Crippen MR) is 83.1 cm³/mol. The Morgan fingerprint density at radius 1 is 1.45 bits per heavy atom. The Bertz CT molecular complexity index is 893. The summed E-state index contributed by atoms with van der Waals surface area (Å²) < 4.78 is 6.16. The second-order valence-electron chi connectivity index (χ2n) is 4.83. The molecule has 0 aliphatic carbocycles. The number of carbonyl (C=O) groups excluding carboxylic acids is 1. The van der Waals surface area contributed by atoms with Gasteiger partial charge in [-0.15, -0.1) is 11.3 Å². The highest BCUT2D eigenvalue weighted by molar-refractivity contribution is 7.18. The van der Waals surface area contributed by atoms with E-state index in [9.17, 15) is 9.59 Å². The van der Waals surface area contributed by atoms with Crippen LogP contribution in [0.1, 0.15) is 17.6 Å².